The molecule has 0 bridgehead atoms. The van der Waals surface area contributed by atoms with Crippen LogP contribution >= 0.6 is 22.9 Å². The lowest BCUT2D eigenvalue weighted by Crippen LogP contribution is -2.40. The van der Waals surface area contributed by atoms with Crippen molar-refractivity contribution in [3.63, 3.8) is 0 Å². The smallest absolute Gasteiger partial charge is 0.290 e. The highest BCUT2D eigenvalue weighted by molar-refractivity contribution is 7.19. The standard InChI is InChI=1S/C25H25ClN4O2S.CH2O2/c26-16-10-15-2-1-9-29(17-5-7-27-13-17)24(15)20(11-16)19-6-8-28-21-12-18(33-25(19)21)14-30-22(31)3-4-23(30)32;2-1-3/h6,8,10-12,17,27H,1-5,7,9,13-14H2;1H,(H,2,3)/t17-;/m1./s1. The first kappa shape index (κ1) is 24.7. The van der Waals surface area contributed by atoms with E-state index in [2.05, 4.69) is 33.4 Å². The van der Waals surface area contributed by atoms with Gasteiger partial charge in [-0.15, -0.1) is 11.3 Å². The van der Waals surface area contributed by atoms with E-state index in [-0.39, 0.29) is 18.3 Å². The average molecular weight is 527 g/mol. The summed E-state index contributed by atoms with van der Waals surface area (Å²) in [6.45, 7) is 3.19. The normalized spacial score (nSPS) is 19.4. The minimum absolute atomic E-state index is 0.0876. The number of pyridine rings is 1. The van der Waals surface area contributed by atoms with Gasteiger partial charge in [-0.2, -0.15) is 0 Å². The predicted octanol–water partition coefficient (Wildman–Crippen LogP) is 4.08. The van der Waals surface area contributed by atoms with Crippen LogP contribution in [-0.4, -0.2) is 59.0 Å². The second-order valence-electron chi connectivity index (χ2n) is 9.17. The number of likely N-dealkylation sites (tertiary alicyclic amines) is 1. The fraction of sp³-hybridized carbons (Fsp3) is 0.385. The second kappa shape index (κ2) is 10.5. The quantitative estimate of drug-likeness (QED) is 0.390. The third-order valence-electron chi connectivity index (χ3n) is 6.98. The molecular formula is C26H27ClN4O4S. The van der Waals surface area contributed by atoms with Gasteiger partial charge in [0.15, 0.2) is 0 Å². The Balaban J connectivity index is 0.000000848. The second-order valence-corrected chi connectivity index (χ2v) is 10.7. The fourth-order valence-corrected chi connectivity index (χ4v) is 6.82. The van der Waals surface area contributed by atoms with Crippen LogP contribution < -0.4 is 10.2 Å². The van der Waals surface area contributed by atoms with Gasteiger partial charge >= 0.3 is 0 Å². The molecule has 2 N–H and O–H groups in total. The van der Waals surface area contributed by atoms with Gasteiger partial charge in [-0.25, -0.2) is 0 Å². The molecule has 0 aliphatic carbocycles. The van der Waals surface area contributed by atoms with Crippen LogP contribution in [0.15, 0.2) is 30.5 Å². The number of anilines is 1. The number of aromatic nitrogens is 1. The van der Waals surface area contributed by atoms with E-state index in [0.717, 1.165) is 70.1 Å². The number of hydrogen-bond acceptors (Lipinski definition) is 7. The molecule has 0 unspecified atom stereocenters. The Hall–Kier alpha value is -3.01. The van der Waals surface area contributed by atoms with Crippen LogP contribution in [0.5, 0.6) is 0 Å². The fourth-order valence-electron chi connectivity index (χ4n) is 5.45. The summed E-state index contributed by atoms with van der Waals surface area (Å²) >= 11 is 8.23. The van der Waals surface area contributed by atoms with Crippen LogP contribution in [-0.2, 0) is 27.3 Å². The maximum Gasteiger partial charge on any atom is 0.290 e. The number of nitrogens with one attached hydrogen (secondary N) is 1. The number of halogens is 1. The molecule has 2 fully saturated rings. The van der Waals surface area contributed by atoms with E-state index in [1.807, 2.05) is 12.3 Å². The Morgan fingerprint density at radius 2 is 1.94 bits per heavy atom. The van der Waals surface area contributed by atoms with Crippen molar-refractivity contribution in [3.05, 3.63) is 45.9 Å². The zero-order valence-corrected chi connectivity index (χ0v) is 21.3. The number of carboxylic acid groups (broad SMARTS) is 1. The average Bonchev–Trinajstić information content (AvgIpc) is 3.61. The van der Waals surface area contributed by atoms with Crippen molar-refractivity contribution >= 4 is 57.1 Å². The summed E-state index contributed by atoms with van der Waals surface area (Å²) in [5.74, 6) is -0.175. The number of fused-ring (bicyclic) bond motifs is 2. The maximum atomic E-state index is 12.1. The zero-order chi connectivity index (χ0) is 25.2. The van der Waals surface area contributed by atoms with Crippen molar-refractivity contribution in [1.29, 1.82) is 0 Å². The number of amides is 2. The molecule has 3 aliphatic heterocycles. The van der Waals surface area contributed by atoms with Gasteiger partial charge in [-0.1, -0.05) is 11.6 Å². The van der Waals surface area contributed by atoms with Gasteiger partial charge in [0.1, 0.15) is 0 Å². The summed E-state index contributed by atoms with van der Waals surface area (Å²) in [5.41, 5.74) is 5.77. The Morgan fingerprint density at radius 3 is 2.67 bits per heavy atom. The molecule has 5 heterocycles. The van der Waals surface area contributed by atoms with Crippen molar-refractivity contribution in [2.75, 3.05) is 24.5 Å². The first-order chi connectivity index (χ1) is 17.5. The van der Waals surface area contributed by atoms with Crippen LogP contribution in [0.1, 0.15) is 36.1 Å². The maximum absolute atomic E-state index is 12.1. The summed E-state index contributed by atoms with van der Waals surface area (Å²) in [6, 6.07) is 8.78. The number of hydrogen-bond donors (Lipinski definition) is 2. The highest BCUT2D eigenvalue weighted by Gasteiger charge is 2.31. The molecule has 10 heteroatoms. The largest absolute Gasteiger partial charge is 0.483 e. The first-order valence-corrected chi connectivity index (χ1v) is 13.3. The predicted molar refractivity (Wildman–Crippen MR) is 140 cm³/mol. The molecule has 1 atom stereocenters. The highest BCUT2D eigenvalue weighted by atomic mass is 35.5. The summed E-state index contributed by atoms with van der Waals surface area (Å²) < 4.78 is 1.08. The molecule has 36 heavy (non-hydrogen) atoms. The van der Waals surface area contributed by atoms with E-state index in [1.54, 1.807) is 11.3 Å². The van der Waals surface area contributed by atoms with Gasteiger partial charge in [0, 0.05) is 64.9 Å². The molecule has 6 rings (SSSR count). The zero-order valence-electron chi connectivity index (χ0n) is 19.7. The molecule has 0 saturated carbocycles. The lowest BCUT2D eigenvalue weighted by atomic mass is 9.92. The van der Waals surface area contributed by atoms with Crippen molar-refractivity contribution in [3.8, 4) is 11.1 Å². The van der Waals surface area contributed by atoms with E-state index in [9.17, 15) is 9.59 Å². The Labute approximate surface area is 217 Å². The molecule has 2 aromatic heterocycles. The molecule has 8 nitrogen and oxygen atoms in total. The molecule has 0 radical (unpaired) electrons. The summed E-state index contributed by atoms with van der Waals surface area (Å²) in [7, 11) is 0. The number of rotatable bonds is 4. The van der Waals surface area contributed by atoms with E-state index in [4.69, 9.17) is 21.5 Å². The number of thiophene rings is 1. The van der Waals surface area contributed by atoms with E-state index in [1.165, 1.54) is 16.2 Å². The molecule has 0 spiro atoms. The first-order valence-electron chi connectivity index (χ1n) is 12.1. The van der Waals surface area contributed by atoms with Crippen LogP contribution in [0.2, 0.25) is 5.02 Å². The van der Waals surface area contributed by atoms with Crippen molar-refractivity contribution in [2.24, 2.45) is 0 Å². The third-order valence-corrected chi connectivity index (χ3v) is 8.34. The van der Waals surface area contributed by atoms with E-state index < -0.39 is 0 Å². The molecule has 2 saturated heterocycles. The summed E-state index contributed by atoms with van der Waals surface area (Å²) in [5, 5.41) is 11.2. The topological polar surface area (TPSA) is 103 Å². The summed E-state index contributed by atoms with van der Waals surface area (Å²) in [4.78, 5) is 42.1. The third kappa shape index (κ3) is 4.70. The van der Waals surface area contributed by atoms with Gasteiger partial charge in [0.2, 0.25) is 11.8 Å². The SMILES string of the molecule is O=C1CCC(=O)N1Cc1cc2nccc(-c3cc(Cl)cc4c3N([C@@H]3CCNC3)CCC4)c2s1.O=CO. The molecule has 2 amide bonds. The van der Waals surface area contributed by atoms with Gasteiger partial charge in [-0.05, 0) is 55.6 Å². The number of aryl methyl sites for hydroxylation is 1. The van der Waals surface area contributed by atoms with E-state index >= 15 is 0 Å². The molecule has 188 valence electrons. The van der Waals surface area contributed by atoms with Crippen molar-refractivity contribution in [1.82, 2.24) is 15.2 Å². The van der Waals surface area contributed by atoms with Crippen LogP contribution in [0, 0.1) is 0 Å². The summed E-state index contributed by atoms with van der Waals surface area (Å²) in [6.07, 6.45) is 5.78. The molecular weight excluding hydrogens is 500 g/mol. The molecule has 1 aromatic carbocycles. The minimum atomic E-state index is -0.250. The Morgan fingerprint density at radius 1 is 1.17 bits per heavy atom. The van der Waals surface area contributed by atoms with Crippen molar-refractivity contribution in [2.45, 2.75) is 44.7 Å². The number of benzene rings is 1. The van der Waals surface area contributed by atoms with Crippen molar-refractivity contribution < 1.29 is 19.5 Å². The van der Waals surface area contributed by atoms with Crippen LogP contribution in [0.25, 0.3) is 21.3 Å². The highest BCUT2D eigenvalue weighted by Crippen LogP contribution is 2.44. The van der Waals surface area contributed by atoms with E-state index in [0.29, 0.717) is 25.4 Å². The van der Waals surface area contributed by atoms with Gasteiger partial charge in [0.05, 0.1) is 16.8 Å². The molecule has 3 aliphatic rings. The lowest BCUT2D eigenvalue weighted by molar-refractivity contribution is -0.139. The van der Waals surface area contributed by atoms with Gasteiger partial charge in [0.25, 0.3) is 6.47 Å². The lowest BCUT2D eigenvalue weighted by Gasteiger charge is -2.38. The number of nitrogens with zero attached hydrogens (tertiary/aromatic N) is 3. The number of imide groups is 1. The van der Waals surface area contributed by atoms with Gasteiger partial charge < -0.3 is 15.3 Å². The minimum Gasteiger partial charge on any atom is -0.483 e. The van der Waals surface area contributed by atoms with Crippen LogP contribution in [0.3, 0.4) is 0 Å². The Bertz CT molecular complexity index is 1300. The molecule has 3 aromatic rings. The number of carbonyl (C=O) groups is 3. The van der Waals surface area contributed by atoms with Gasteiger partial charge in [-0.3, -0.25) is 24.3 Å². The monoisotopic (exact) mass is 526 g/mol. The Kier molecular flexibility index (Phi) is 7.22. The van der Waals surface area contributed by atoms with Crippen LogP contribution in [0.4, 0.5) is 5.69 Å². The number of carbonyl (C=O) groups excluding carboxylic acids is 2.